The van der Waals surface area contributed by atoms with E-state index in [-0.39, 0.29) is 0 Å². The van der Waals surface area contributed by atoms with Gasteiger partial charge in [-0.25, -0.2) is 4.98 Å². The van der Waals surface area contributed by atoms with E-state index in [0.717, 1.165) is 23.6 Å². The molecule has 0 N–H and O–H groups in total. The lowest BCUT2D eigenvalue weighted by atomic mass is 10.1. The Kier molecular flexibility index (Phi) is 2.72. The van der Waals surface area contributed by atoms with Crippen LogP contribution in [0.4, 0.5) is 0 Å². The normalized spacial score (nSPS) is 10.3. The maximum Gasteiger partial charge on any atom is 0.128 e. The van der Waals surface area contributed by atoms with E-state index < -0.39 is 0 Å². The third-order valence-corrected chi connectivity index (χ3v) is 2.44. The Balaban J connectivity index is 2.53. The van der Waals surface area contributed by atoms with Gasteiger partial charge in [-0.3, -0.25) is 0 Å². The number of methoxy groups -OCH3 is 1. The summed E-state index contributed by atoms with van der Waals surface area (Å²) in [5.74, 6) is 0.882. The van der Waals surface area contributed by atoms with Crippen molar-refractivity contribution in [3.8, 4) is 17.0 Å². The van der Waals surface area contributed by atoms with E-state index in [1.54, 1.807) is 7.11 Å². The third-order valence-electron chi connectivity index (χ3n) is 2.44. The fourth-order valence-electron chi connectivity index (χ4n) is 1.65. The lowest BCUT2D eigenvalue weighted by molar-refractivity contribution is 0.416. The van der Waals surface area contributed by atoms with E-state index in [2.05, 4.69) is 16.5 Å². The molecule has 2 rings (SSSR count). The van der Waals surface area contributed by atoms with Crippen molar-refractivity contribution in [3.05, 3.63) is 36.8 Å². The highest BCUT2D eigenvalue weighted by molar-refractivity contribution is 5.66. The molecule has 0 saturated heterocycles. The van der Waals surface area contributed by atoms with E-state index >= 15 is 0 Å². The highest BCUT2D eigenvalue weighted by atomic mass is 16.5. The number of rotatable bonds is 3. The summed E-state index contributed by atoms with van der Waals surface area (Å²) in [5.41, 5.74) is 2.18. The van der Waals surface area contributed by atoms with Gasteiger partial charge in [0.2, 0.25) is 0 Å². The van der Waals surface area contributed by atoms with Crippen molar-refractivity contribution in [3.63, 3.8) is 0 Å². The van der Waals surface area contributed by atoms with Crippen LogP contribution in [-0.2, 0) is 6.54 Å². The van der Waals surface area contributed by atoms with Crippen molar-refractivity contribution < 1.29 is 4.74 Å². The number of aromatic nitrogens is 2. The Bertz CT molecular complexity index is 448. The minimum Gasteiger partial charge on any atom is -0.496 e. The quantitative estimate of drug-likeness (QED) is 0.764. The Morgan fingerprint density at radius 1 is 1.33 bits per heavy atom. The van der Waals surface area contributed by atoms with Gasteiger partial charge in [0.1, 0.15) is 5.75 Å². The van der Waals surface area contributed by atoms with Crippen molar-refractivity contribution >= 4 is 0 Å². The van der Waals surface area contributed by atoms with Gasteiger partial charge in [-0.2, -0.15) is 0 Å². The molecule has 0 aliphatic carbocycles. The van der Waals surface area contributed by atoms with Gasteiger partial charge < -0.3 is 9.30 Å². The molecule has 3 nitrogen and oxygen atoms in total. The first-order valence-corrected chi connectivity index (χ1v) is 5.00. The van der Waals surface area contributed by atoms with E-state index in [0.29, 0.717) is 0 Å². The Labute approximate surface area is 89.3 Å². The van der Waals surface area contributed by atoms with Crippen LogP contribution >= 0.6 is 0 Å². The van der Waals surface area contributed by atoms with Gasteiger partial charge in [0, 0.05) is 12.1 Å². The molecule has 0 aliphatic heterocycles. The van der Waals surface area contributed by atoms with Crippen LogP contribution in [0.25, 0.3) is 11.3 Å². The highest BCUT2D eigenvalue weighted by Crippen LogP contribution is 2.28. The molecule has 1 aromatic carbocycles. The number of nitrogens with zero attached hydrogens (tertiary/aromatic N) is 2. The highest BCUT2D eigenvalue weighted by Gasteiger charge is 2.08. The first-order valence-electron chi connectivity index (χ1n) is 5.00. The molecule has 0 saturated carbocycles. The molecule has 0 atom stereocenters. The van der Waals surface area contributed by atoms with Crippen molar-refractivity contribution in [2.75, 3.05) is 7.11 Å². The van der Waals surface area contributed by atoms with Gasteiger partial charge in [-0.1, -0.05) is 12.1 Å². The van der Waals surface area contributed by atoms with Gasteiger partial charge >= 0.3 is 0 Å². The predicted octanol–water partition coefficient (Wildman–Crippen LogP) is 2.58. The van der Waals surface area contributed by atoms with Crippen molar-refractivity contribution in [2.24, 2.45) is 0 Å². The number of benzene rings is 1. The number of hydrogen-bond donors (Lipinski definition) is 0. The Hall–Kier alpha value is -1.77. The summed E-state index contributed by atoms with van der Waals surface area (Å²) in [5, 5.41) is 0. The topological polar surface area (TPSA) is 27.1 Å². The summed E-state index contributed by atoms with van der Waals surface area (Å²) in [7, 11) is 1.69. The monoisotopic (exact) mass is 202 g/mol. The maximum absolute atomic E-state index is 5.33. The zero-order valence-electron chi connectivity index (χ0n) is 8.97. The Morgan fingerprint density at radius 3 is 2.87 bits per heavy atom. The maximum atomic E-state index is 5.33. The average molecular weight is 202 g/mol. The summed E-state index contributed by atoms with van der Waals surface area (Å²) in [6.45, 7) is 3.01. The van der Waals surface area contributed by atoms with E-state index in [1.807, 2.05) is 36.8 Å². The van der Waals surface area contributed by atoms with Crippen LogP contribution in [0, 0.1) is 0 Å². The van der Waals surface area contributed by atoms with Crippen molar-refractivity contribution in [2.45, 2.75) is 13.5 Å². The molecule has 1 heterocycles. The molecule has 0 bridgehead atoms. The van der Waals surface area contributed by atoms with Crippen LogP contribution in [0.3, 0.4) is 0 Å². The second kappa shape index (κ2) is 4.17. The smallest absolute Gasteiger partial charge is 0.128 e. The van der Waals surface area contributed by atoms with Crippen molar-refractivity contribution in [1.29, 1.82) is 0 Å². The second-order valence-electron chi connectivity index (χ2n) is 3.27. The average Bonchev–Trinajstić information content (AvgIpc) is 2.76. The number of ether oxygens (including phenoxy) is 1. The van der Waals surface area contributed by atoms with Crippen LogP contribution in [0.15, 0.2) is 36.8 Å². The molecule has 0 spiro atoms. The summed E-state index contributed by atoms with van der Waals surface area (Å²) in [4.78, 5) is 4.15. The predicted molar refractivity (Wildman–Crippen MR) is 59.9 cm³/mol. The summed E-state index contributed by atoms with van der Waals surface area (Å²) in [6, 6.07) is 7.98. The SMILES string of the molecule is CCn1cncc1-c1ccccc1OC. The molecule has 0 radical (unpaired) electrons. The first-order chi connectivity index (χ1) is 7.36. The van der Waals surface area contributed by atoms with Gasteiger partial charge in [-0.05, 0) is 19.1 Å². The first kappa shape index (κ1) is 9.77. The summed E-state index contributed by atoms with van der Waals surface area (Å²) >= 11 is 0. The molecule has 0 amide bonds. The molecule has 78 valence electrons. The lowest BCUT2D eigenvalue weighted by Gasteiger charge is -2.09. The molecule has 0 fully saturated rings. The third kappa shape index (κ3) is 1.73. The molecule has 0 aliphatic rings. The zero-order chi connectivity index (χ0) is 10.7. The van der Waals surface area contributed by atoms with Gasteiger partial charge in [0.15, 0.2) is 0 Å². The molecular formula is C12H14N2O. The summed E-state index contributed by atoms with van der Waals surface area (Å²) < 4.78 is 7.42. The summed E-state index contributed by atoms with van der Waals surface area (Å²) in [6.07, 6.45) is 3.70. The lowest BCUT2D eigenvalue weighted by Crippen LogP contribution is -1.96. The molecular weight excluding hydrogens is 188 g/mol. The fraction of sp³-hybridized carbons (Fsp3) is 0.250. The standard InChI is InChI=1S/C12H14N2O/c1-3-14-9-13-8-11(14)10-6-4-5-7-12(10)15-2/h4-9H,3H2,1-2H3. The van der Waals surface area contributed by atoms with Crippen LogP contribution in [0.2, 0.25) is 0 Å². The number of para-hydroxylation sites is 1. The molecule has 15 heavy (non-hydrogen) atoms. The molecule has 2 aromatic rings. The molecule has 0 unspecified atom stereocenters. The van der Waals surface area contributed by atoms with E-state index in [1.165, 1.54) is 0 Å². The minimum atomic E-state index is 0.882. The van der Waals surface area contributed by atoms with Crippen LogP contribution in [0.1, 0.15) is 6.92 Å². The van der Waals surface area contributed by atoms with Crippen molar-refractivity contribution in [1.82, 2.24) is 9.55 Å². The largest absolute Gasteiger partial charge is 0.496 e. The van der Waals surface area contributed by atoms with E-state index in [9.17, 15) is 0 Å². The van der Waals surface area contributed by atoms with Crippen LogP contribution in [-0.4, -0.2) is 16.7 Å². The zero-order valence-corrected chi connectivity index (χ0v) is 8.97. The van der Waals surface area contributed by atoms with Crippen LogP contribution < -0.4 is 4.74 Å². The Morgan fingerprint density at radius 2 is 2.13 bits per heavy atom. The van der Waals surface area contributed by atoms with Crippen LogP contribution in [0.5, 0.6) is 5.75 Å². The molecule has 3 heteroatoms. The number of hydrogen-bond acceptors (Lipinski definition) is 2. The van der Waals surface area contributed by atoms with Gasteiger partial charge in [0.25, 0.3) is 0 Å². The second-order valence-corrected chi connectivity index (χ2v) is 3.27. The fourth-order valence-corrected chi connectivity index (χ4v) is 1.65. The minimum absolute atomic E-state index is 0.882. The van der Waals surface area contributed by atoms with Gasteiger partial charge in [0.05, 0.1) is 25.3 Å². The number of aryl methyl sites for hydroxylation is 1. The van der Waals surface area contributed by atoms with Gasteiger partial charge in [-0.15, -0.1) is 0 Å². The molecule has 1 aromatic heterocycles. The number of imidazole rings is 1. The van der Waals surface area contributed by atoms with E-state index in [4.69, 9.17) is 4.74 Å².